The van der Waals surface area contributed by atoms with Crippen molar-refractivity contribution in [3.63, 3.8) is 0 Å². The Morgan fingerprint density at radius 3 is 2.09 bits per heavy atom. The van der Waals surface area contributed by atoms with Gasteiger partial charge in [-0.2, -0.15) is 0 Å². The number of Topliss-reactive ketones (excluding diaryl/α,β-unsaturated/α-hetero) is 2. The molecule has 0 amide bonds. The molecule has 32 heavy (non-hydrogen) atoms. The number of carbonyl (C=O) groups excluding carboxylic acids is 2. The van der Waals surface area contributed by atoms with E-state index in [0.717, 1.165) is 25.7 Å². The highest BCUT2D eigenvalue weighted by Gasteiger charge is 2.86. The Morgan fingerprint density at radius 2 is 1.47 bits per heavy atom. The standard InChI is InChI=1S/C28H40O4/c1-24(2)7-13-16(10-24)27(6)12-18(30)28(27)20-19-17(29)11-26(19,5)15-9-25(3,4)8-14(15)22(20)32-23(28)21(13)31/h13-16,19-23,31H,7-12H2,1-6H3/t13-,14-,15+,16+,19+,20+,21+,22+,23-,26-,27-,28-/m0/s1. The summed E-state index contributed by atoms with van der Waals surface area (Å²) in [6, 6.07) is 0. The molecule has 0 unspecified atom stereocenters. The molecule has 1 N–H and O–H groups in total. The highest BCUT2D eigenvalue weighted by molar-refractivity contribution is 5.98. The highest BCUT2D eigenvalue weighted by Crippen LogP contribution is 2.81. The molecule has 0 aromatic heterocycles. The van der Waals surface area contributed by atoms with Gasteiger partial charge in [-0.25, -0.2) is 0 Å². The molecule has 0 radical (unpaired) electrons. The van der Waals surface area contributed by atoms with Gasteiger partial charge >= 0.3 is 0 Å². The van der Waals surface area contributed by atoms with Gasteiger partial charge in [0.15, 0.2) is 0 Å². The molecule has 7 aliphatic rings. The van der Waals surface area contributed by atoms with Crippen LogP contribution in [0, 0.1) is 62.6 Å². The summed E-state index contributed by atoms with van der Waals surface area (Å²) in [5, 5.41) is 11.8. The lowest BCUT2D eigenvalue weighted by molar-refractivity contribution is -0.238. The summed E-state index contributed by atoms with van der Waals surface area (Å²) in [4.78, 5) is 27.1. The van der Waals surface area contributed by atoms with E-state index >= 15 is 0 Å². The zero-order valence-corrected chi connectivity index (χ0v) is 20.6. The van der Waals surface area contributed by atoms with Crippen molar-refractivity contribution in [2.75, 3.05) is 0 Å². The second-order valence-electron chi connectivity index (χ2n) is 15.2. The normalized spacial score (nSPS) is 62.7. The van der Waals surface area contributed by atoms with Crippen molar-refractivity contribution < 1.29 is 19.4 Å². The molecule has 7 fully saturated rings. The van der Waals surface area contributed by atoms with Gasteiger partial charge in [-0.3, -0.25) is 9.59 Å². The molecule has 1 aliphatic heterocycles. The predicted molar refractivity (Wildman–Crippen MR) is 120 cm³/mol. The smallest absolute Gasteiger partial charge is 0.143 e. The largest absolute Gasteiger partial charge is 0.390 e. The van der Waals surface area contributed by atoms with E-state index in [1.165, 1.54) is 0 Å². The second kappa shape index (κ2) is 5.40. The molecule has 1 saturated heterocycles. The second-order valence-corrected chi connectivity index (χ2v) is 15.2. The van der Waals surface area contributed by atoms with Gasteiger partial charge in [0.25, 0.3) is 0 Å². The van der Waals surface area contributed by atoms with Crippen molar-refractivity contribution in [2.45, 2.75) is 98.4 Å². The Hall–Kier alpha value is -0.740. The van der Waals surface area contributed by atoms with E-state index in [4.69, 9.17) is 4.74 Å². The number of hydrogen-bond acceptors (Lipinski definition) is 4. The van der Waals surface area contributed by atoms with Gasteiger partial charge in [0, 0.05) is 24.7 Å². The van der Waals surface area contributed by atoms with Crippen LogP contribution in [0.25, 0.3) is 0 Å². The molecule has 176 valence electrons. The van der Waals surface area contributed by atoms with Gasteiger partial charge in [0.05, 0.1) is 23.7 Å². The third kappa shape index (κ3) is 1.92. The summed E-state index contributed by atoms with van der Waals surface area (Å²) in [5.41, 5.74) is -0.373. The van der Waals surface area contributed by atoms with Crippen LogP contribution in [-0.4, -0.2) is 35.0 Å². The molecule has 12 atom stereocenters. The maximum Gasteiger partial charge on any atom is 0.143 e. The predicted octanol–water partition coefficient (Wildman–Crippen LogP) is 4.42. The van der Waals surface area contributed by atoms with Crippen LogP contribution in [0.15, 0.2) is 0 Å². The summed E-state index contributed by atoms with van der Waals surface area (Å²) in [6.45, 7) is 14.0. The first-order valence-corrected chi connectivity index (χ1v) is 13.2. The fraction of sp³-hybridized carbons (Fsp3) is 0.929. The average Bonchev–Trinajstić information content (AvgIpc) is 3.30. The topological polar surface area (TPSA) is 63.6 Å². The van der Waals surface area contributed by atoms with Crippen molar-refractivity contribution >= 4 is 11.6 Å². The Balaban J connectivity index is 1.41. The maximum atomic E-state index is 13.8. The molecule has 4 nitrogen and oxygen atoms in total. The van der Waals surface area contributed by atoms with Crippen LogP contribution in [-0.2, 0) is 14.3 Å². The fourth-order valence-electron chi connectivity index (χ4n) is 11.7. The first-order chi connectivity index (χ1) is 14.8. The zero-order chi connectivity index (χ0) is 22.8. The van der Waals surface area contributed by atoms with Gasteiger partial charge in [0.2, 0.25) is 0 Å². The van der Waals surface area contributed by atoms with E-state index in [2.05, 4.69) is 41.5 Å². The summed E-state index contributed by atoms with van der Waals surface area (Å²) in [7, 11) is 0. The number of fused-ring (bicyclic) bond motifs is 8. The number of hydrogen-bond donors (Lipinski definition) is 1. The van der Waals surface area contributed by atoms with E-state index in [9.17, 15) is 14.7 Å². The first kappa shape index (κ1) is 20.6. The van der Waals surface area contributed by atoms with Crippen LogP contribution in [0.4, 0.5) is 0 Å². The minimum absolute atomic E-state index is 0.00276. The Morgan fingerprint density at radius 1 is 0.844 bits per heavy atom. The molecule has 0 bridgehead atoms. The molecule has 1 spiro atoms. The fourth-order valence-corrected chi connectivity index (χ4v) is 11.7. The third-order valence-corrected chi connectivity index (χ3v) is 12.5. The van der Waals surface area contributed by atoms with E-state index in [1.54, 1.807) is 0 Å². The lowest BCUT2D eigenvalue weighted by Gasteiger charge is -2.70. The van der Waals surface area contributed by atoms with E-state index in [0.29, 0.717) is 36.4 Å². The van der Waals surface area contributed by atoms with E-state index in [-0.39, 0.29) is 51.3 Å². The Kier molecular flexibility index (Phi) is 3.48. The minimum atomic E-state index is -0.654. The minimum Gasteiger partial charge on any atom is -0.390 e. The number of ether oxygens (including phenoxy) is 1. The highest BCUT2D eigenvalue weighted by atomic mass is 16.5. The summed E-state index contributed by atoms with van der Waals surface area (Å²) >= 11 is 0. The first-order valence-electron chi connectivity index (χ1n) is 13.2. The van der Waals surface area contributed by atoms with Gasteiger partial charge in [-0.15, -0.1) is 0 Å². The molecule has 0 aromatic carbocycles. The summed E-state index contributed by atoms with van der Waals surface area (Å²) < 4.78 is 6.95. The molecule has 7 rings (SSSR count). The van der Waals surface area contributed by atoms with Crippen molar-refractivity contribution in [1.82, 2.24) is 0 Å². The van der Waals surface area contributed by atoms with E-state index in [1.807, 2.05) is 0 Å². The van der Waals surface area contributed by atoms with Crippen LogP contribution in [0.2, 0.25) is 0 Å². The van der Waals surface area contributed by atoms with Gasteiger partial charge in [-0.1, -0.05) is 41.5 Å². The maximum absolute atomic E-state index is 13.8. The van der Waals surface area contributed by atoms with Crippen LogP contribution in [0.5, 0.6) is 0 Å². The molecule has 1 heterocycles. The average molecular weight is 441 g/mol. The monoisotopic (exact) mass is 440 g/mol. The van der Waals surface area contributed by atoms with Crippen LogP contribution >= 0.6 is 0 Å². The van der Waals surface area contributed by atoms with Crippen LogP contribution in [0.3, 0.4) is 0 Å². The number of ketones is 2. The quantitative estimate of drug-likeness (QED) is 0.605. The molecule has 6 saturated carbocycles. The number of rotatable bonds is 0. The van der Waals surface area contributed by atoms with Crippen molar-refractivity contribution in [2.24, 2.45) is 62.6 Å². The van der Waals surface area contributed by atoms with Gasteiger partial charge in [0.1, 0.15) is 11.6 Å². The van der Waals surface area contributed by atoms with Crippen molar-refractivity contribution in [3.8, 4) is 0 Å². The SMILES string of the molecule is CC1(C)C[C@@H]2[C@H]3O[C@H]4[C@H](O)[C@H]5CC(C)(C)C[C@H]5[C@]5(C)CC(=O)[C@]45[C@@H]3[C@H]3C(=O)C[C@@]3(C)[C@@H]2C1. The molecular formula is C28H40O4. The van der Waals surface area contributed by atoms with E-state index < -0.39 is 17.6 Å². The number of aliphatic hydroxyl groups excluding tert-OH is 1. The molecule has 4 heteroatoms. The zero-order valence-electron chi connectivity index (χ0n) is 20.6. The van der Waals surface area contributed by atoms with Crippen molar-refractivity contribution in [3.05, 3.63) is 0 Å². The summed E-state index contributed by atoms with van der Waals surface area (Å²) in [5.74, 6) is 2.02. The Bertz CT molecular complexity index is 951. The lowest BCUT2D eigenvalue weighted by atomic mass is 9.30. The Labute approximate surface area is 192 Å². The molecule has 0 aromatic rings. The van der Waals surface area contributed by atoms with Crippen LogP contribution in [0.1, 0.15) is 80.1 Å². The third-order valence-electron chi connectivity index (χ3n) is 12.5. The molecular weight excluding hydrogens is 400 g/mol. The summed E-state index contributed by atoms with van der Waals surface area (Å²) in [6.07, 6.45) is 4.57. The van der Waals surface area contributed by atoms with Gasteiger partial charge < -0.3 is 9.84 Å². The number of aliphatic hydroxyl groups is 1. The number of carbonyl (C=O) groups is 2. The lowest BCUT2D eigenvalue weighted by Crippen LogP contribution is -2.77. The van der Waals surface area contributed by atoms with Gasteiger partial charge in [-0.05, 0) is 71.0 Å². The van der Waals surface area contributed by atoms with Crippen LogP contribution < -0.4 is 0 Å². The molecule has 6 aliphatic carbocycles. The van der Waals surface area contributed by atoms with Crippen molar-refractivity contribution in [1.29, 1.82) is 0 Å².